The maximum absolute atomic E-state index is 3.44. The summed E-state index contributed by atoms with van der Waals surface area (Å²) in [7, 11) is 0. The smallest absolute Gasteiger partial charge is 0.0174 e. The molecule has 2 aliphatic heterocycles. The molecule has 1 saturated heterocycles. The van der Waals surface area contributed by atoms with E-state index >= 15 is 0 Å². The van der Waals surface area contributed by atoms with Gasteiger partial charge in [-0.15, -0.1) is 0 Å². The molecule has 0 radical (unpaired) electrons. The first kappa shape index (κ1) is 5.33. The van der Waals surface area contributed by atoms with E-state index in [2.05, 4.69) is 10.6 Å². The third-order valence-corrected chi connectivity index (χ3v) is 3.15. The molecule has 10 heavy (non-hydrogen) atoms. The molecule has 2 unspecified atom stereocenters. The van der Waals surface area contributed by atoms with Gasteiger partial charge in [-0.3, -0.25) is 0 Å². The molecule has 1 fully saturated rings. The van der Waals surface area contributed by atoms with Crippen LogP contribution in [0.3, 0.4) is 0 Å². The average molecular weight is 136 g/mol. The van der Waals surface area contributed by atoms with Crippen LogP contribution in [0.5, 0.6) is 0 Å². The Kier molecular flexibility index (Phi) is 0.868. The molecule has 0 aromatic carbocycles. The topological polar surface area (TPSA) is 24.1 Å². The summed E-state index contributed by atoms with van der Waals surface area (Å²) < 4.78 is 0. The van der Waals surface area contributed by atoms with Gasteiger partial charge in [-0.05, 0) is 0 Å². The summed E-state index contributed by atoms with van der Waals surface area (Å²) in [5.41, 5.74) is 3.46. The van der Waals surface area contributed by atoms with E-state index in [0.717, 1.165) is 11.8 Å². The number of hydrogen-bond donors (Lipinski definition) is 2. The van der Waals surface area contributed by atoms with Crippen LogP contribution in [-0.2, 0) is 0 Å². The quantitative estimate of drug-likeness (QED) is 0.448. The normalized spacial score (nSPS) is 43.2. The van der Waals surface area contributed by atoms with Crippen molar-refractivity contribution in [1.82, 2.24) is 10.6 Å². The fourth-order valence-corrected chi connectivity index (χ4v) is 2.61. The minimum Gasteiger partial charge on any atom is -0.315 e. The van der Waals surface area contributed by atoms with Crippen LogP contribution in [0.1, 0.15) is 0 Å². The summed E-state index contributed by atoms with van der Waals surface area (Å²) in [5.74, 6) is 1.84. The van der Waals surface area contributed by atoms with Crippen LogP contribution in [0.2, 0.25) is 0 Å². The third-order valence-electron chi connectivity index (χ3n) is 3.15. The summed E-state index contributed by atoms with van der Waals surface area (Å²) in [5, 5.41) is 6.85. The van der Waals surface area contributed by atoms with Crippen molar-refractivity contribution < 1.29 is 0 Å². The molecule has 0 aromatic heterocycles. The highest BCUT2D eigenvalue weighted by atomic mass is 15.0. The lowest BCUT2D eigenvalue weighted by molar-refractivity contribution is 0.470. The number of rotatable bonds is 0. The Hall–Kier alpha value is -0.340. The Bertz CT molecular complexity index is 187. The molecular formula is C8H12N2. The van der Waals surface area contributed by atoms with Gasteiger partial charge in [-0.25, -0.2) is 0 Å². The van der Waals surface area contributed by atoms with Gasteiger partial charge < -0.3 is 10.6 Å². The van der Waals surface area contributed by atoms with Crippen molar-refractivity contribution in [3.63, 3.8) is 0 Å². The van der Waals surface area contributed by atoms with Crippen molar-refractivity contribution in [2.24, 2.45) is 11.8 Å². The van der Waals surface area contributed by atoms with Crippen molar-refractivity contribution in [2.45, 2.75) is 0 Å². The van der Waals surface area contributed by atoms with Crippen LogP contribution >= 0.6 is 0 Å². The lowest BCUT2D eigenvalue weighted by Gasteiger charge is -2.31. The molecule has 2 atom stereocenters. The molecule has 2 heterocycles. The van der Waals surface area contributed by atoms with Gasteiger partial charge in [0.25, 0.3) is 0 Å². The molecule has 0 amide bonds. The highest BCUT2D eigenvalue weighted by Crippen LogP contribution is 2.44. The fraction of sp³-hybridized carbons (Fsp3) is 0.750. The number of nitrogens with one attached hydrogen (secondary N) is 2. The van der Waals surface area contributed by atoms with Crippen molar-refractivity contribution >= 4 is 0 Å². The molecule has 0 aromatic rings. The van der Waals surface area contributed by atoms with E-state index < -0.39 is 0 Å². The molecule has 2 nitrogen and oxygen atoms in total. The Balaban J connectivity index is 1.97. The van der Waals surface area contributed by atoms with Crippen LogP contribution in [0, 0.1) is 11.8 Å². The monoisotopic (exact) mass is 136 g/mol. The predicted octanol–water partition coefficient (Wildman–Crippen LogP) is -0.265. The highest BCUT2D eigenvalue weighted by molar-refractivity contribution is 5.40. The van der Waals surface area contributed by atoms with Crippen LogP contribution < -0.4 is 10.6 Å². The Morgan fingerprint density at radius 1 is 0.900 bits per heavy atom. The van der Waals surface area contributed by atoms with E-state index in [1.165, 1.54) is 26.2 Å². The molecule has 2 N–H and O–H groups in total. The van der Waals surface area contributed by atoms with E-state index in [1.807, 2.05) is 0 Å². The van der Waals surface area contributed by atoms with Crippen molar-refractivity contribution in [3.8, 4) is 0 Å². The van der Waals surface area contributed by atoms with Crippen LogP contribution in [-0.4, -0.2) is 26.2 Å². The van der Waals surface area contributed by atoms with Gasteiger partial charge in [0.15, 0.2) is 0 Å². The predicted molar refractivity (Wildman–Crippen MR) is 39.7 cm³/mol. The highest BCUT2D eigenvalue weighted by Gasteiger charge is 2.44. The average Bonchev–Trinajstić information content (AvgIpc) is 2.42. The number of hydrogen-bond acceptors (Lipinski definition) is 2. The van der Waals surface area contributed by atoms with Crippen LogP contribution in [0.25, 0.3) is 0 Å². The van der Waals surface area contributed by atoms with E-state index in [9.17, 15) is 0 Å². The summed E-state index contributed by atoms with van der Waals surface area (Å²) in [4.78, 5) is 0. The van der Waals surface area contributed by atoms with E-state index in [-0.39, 0.29) is 0 Å². The zero-order valence-electron chi connectivity index (χ0n) is 5.98. The lowest BCUT2D eigenvalue weighted by atomic mass is 9.71. The Labute approximate surface area is 60.7 Å². The second kappa shape index (κ2) is 1.63. The van der Waals surface area contributed by atoms with Gasteiger partial charge in [0.1, 0.15) is 0 Å². The van der Waals surface area contributed by atoms with E-state index in [1.54, 1.807) is 11.1 Å². The zero-order valence-corrected chi connectivity index (χ0v) is 5.98. The summed E-state index contributed by atoms with van der Waals surface area (Å²) in [6, 6.07) is 0. The summed E-state index contributed by atoms with van der Waals surface area (Å²) >= 11 is 0. The Morgan fingerprint density at radius 3 is 2.10 bits per heavy atom. The van der Waals surface area contributed by atoms with Gasteiger partial charge in [0.2, 0.25) is 0 Å². The molecule has 3 aliphatic rings. The minimum atomic E-state index is 0.921. The molecule has 0 saturated carbocycles. The minimum absolute atomic E-state index is 0.921. The van der Waals surface area contributed by atoms with Crippen molar-refractivity contribution in [3.05, 3.63) is 11.1 Å². The molecule has 54 valence electrons. The van der Waals surface area contributed by atoms with Gasteiger partial charge in [0, 0.05) is 38.0 Å². The SMILES string of the molecule is C1NCC2=C1C1CNCC21. The first-order valence-electron chi connectivity index (χ1n) is 4.10. The maximum Gasteiger partial charge on any atom is 0.0174 e. The molecule has 3 rings (SSSR count). The van der Waals surface area contributed by atoms with Crippen LogP contribution in [0.15, 0.2) is 11.1 Å². The third kappa shape index (κ3) is 0.444. The van der Waals surface area contributed by atoms with E-state index in [0.29, 0.717) is 0 Å². The standard InChI is InChI=1S/C8H12N2/c1-5-6(2-9-1)8-4-10-3-7(5)8/h5-6,9-10H,1-4H2. The second-order valence-electron chi connectivity index (χ2n) is 3.53. The van der Waals surface area contributed by atoms with E-state index in [4.69, 9.17) is 0 Å². The summed E-state index contributed by atoms with van der Waals surface area (Å²) in [6.45, 7) is 4.84. The van der Waals surface area contributed by atoms with Gasteiger partial charge in [-0.1, -0.05) is 11.1 Å². The first-order valence-corrected chi connectivity index (χ1v) is 4.10. The van der Waals surface area contributed by atoms with Gasteiger partial charge in [0.05, 0.1) is 0 Å². The fourth-order valence-electron chi connectivity index (χ4n) is 2.61. The van der Waals surface area contributed by atoms with Gasteiger partial charge in [-0.2, -0.15) is 0 Å². The van der Waals surface area contributed by atoms with Gasteiger partial charge >= 0.3 is 0 Å². The largest absolute Gasteiger partial charge is 0.315 e. The molecule has 2 heteroatoms. The number of fused-ring (bicyclic) bond motifs is 3. The Morgan fingerprint density at radius 2 is 1.50 bits per heavy atom. The zero-order chi connectivity index (χ0) is 6.55. The maximum atomic E-state index is 3.44. The lowest BCUT2D eigenvalue weighted by Crippen LogP contribution is -2.28. The molecule has 0 spiro atoms. The van der Waals surface area contributed by atoms with Crippen LogP contribution in [0.4, 0.5) is 0 Å². The van der Waals surface area contributed by atoms with Crippen molar-refractivity contribution in [2.75, 3.05) is 26.2 Å². The molecular weight excluding hydrogens is 124 g/mol. The molecule has 0 bridgehead atoms. The molecule has 1 aliphatic carbocycles. The van der Waals surface area contributed by atoms with Crippen molar-refractivity contribution in [1.29, 1.82) is 0 Å². The summed E-state index contributed by atoms with van der Waals surface area (Å²) in [6.07, 6.45) is 0. The second-order valence-corrected chi connectivity index (χ2v) is 3.53. The first-order chi connectivity index (χ1) is 4.97.